The molecular formula is C22H20FN3O3. The van der Waals surface area contributed by atoms with E-state index in [1.54, 1.807) is 36.7 Å². The zero-order valence-corrected chi connectivity index (χ0v) is 15.7. The summed E-state index contributed by atoms with van der Waals surface area (Å²) >= 11 is 0. The molecule has 6 nitrogen and oxygen atoms in total. The number of anilines is 2. The van der Waals surface area contributed by atoms with Gasteiger partial charge in [0.2, 0.25) is 0 Å². The maximum Gasteiger partial charge on any atom is 0.329 e. The highest BCUT2D eigenvalue weighted by molar-refractivity contribution is 5.98. The number of amides is 1. The highest BCUT2D eigenvalue weighted by Crippen LogP contribution is 2.18. The Kier molecular flexibility index (Phi) is 5.87. The fourth-order valence-corrected chi connectivity index (χ4v) is 2.81. The van der Waals surface area contributed by atoms with Crippen molar-refractivity contribution in [2.75, 3.05) is 5.32 Å². The summed E-state index contributed by atoms with van der Waals surface area (Å²) in [6.45, 7) is 1.43. The van der Waals surface area contributed by atoms with Crippen LogP contribution in [0.1, 0.15) is 22.8 Å². The molecule has 3 aromatic rings. The first kappa shape index (κ1) is 20.0. The zero-order chi connectivity index (χ0) is 20.9. The van der Waals surface area contributed by atoms with Crippen LogP contribution < -0.4 is 10.6 Å². The quantitative estimate of drug-likeness (QED) is 0.568. The Hall–Kier alpha value is -3.74. The Morgan fingerprint density at radius 2 is 1.55 bits per heavy atom. The van der Waals surface area contributed by atoms with E-state index in [4.69, 9.17) is 0 Å². The van der Waals surface area contributed by atoms with E-state index in [0.717, 1.165) is 11.4 Å². The molecule has 0 fully saturated rings. The molecule has 3 N–H and O–H groups in total. The lowest BCUT2D eigenvalue weighted by Gasteiger charge is -2.26. The molecule has 1 unspecified atom stereocenters. The van der Waals surface area contributed by atoms with Crippen LogP contribution >= 0.6 is 0 Å². The number of hydrogen-bond acceptors (Lipinski definition) is 4. The first-order valence-corrected chi connectivity index (χ1v) is 8.93. The molecule has 1 atom stereocenters. The number of carbonyl (C=O) groups excluding carboxylic acids is 1. The standard InChI is InChI=1S/C22H20FN3O3/c1-22(21(28)29,14-15-2-6-17(23)7-3-15)26-20(27)16-4-8-18(9-5-16)25-19-10-12-24-13-11-19/h2-13H,14H2,1H3,(H,24,25)(H,26,27)(H,28,29). The normalized spacial score (nSPS) is 12.6. The molecule has 0 bridgehead atoms. The van der Waals surface area contributed by atoms with Crippen LogP contribution in [0, 0.1) is 5.82 Å². The zero-order valence-electron chi connectivity index (χ0n) is 15.7. The average molecular weight is 393 g/mol. The number of carboxylic acids is 1. The number of carbonyl (C=O) groups is 2. The van der Waals surface area contributed by atoms with E-state index in [9.17, 15) is 19.1 Å². The van der Waals surface area contributed by atoms with Crippen molar-refractivity contribution in [3.63, 3.8) is 0 Å². The van der Waals surface area contributed by atoms with Gasteiger partial charge in [-0.1, -0.05) is 12.1 Å². The maximum atomic E-state index is 13.1. The van der Waals surface area contributed by atoms with Crippen LogP contribution in [-0.4, -0.2) is 27.5 Å². The van der Waals surface area contributed by atoms with Gasteiger partial charge in [-0.3, -0.25) is 9.78 Å². The number of aromatic nitrogens is 1. The fourth-order valence-electron chi connectivity index (χ4n) is 2.81. The molecule has 29 heavy (non-hydrogen) atoms. The Balaban J connectivity index is 1.70. The maximum absolute atomic E-state index is 13.1. The number of nitrogens with one attached hydrogen (secondary N) is 2. The molecule has 0 radical (unpaired) electrons. The van der Waals surface area contributed by atoms with Gasteiger partial charge in [0.1, 0.15) is 11.4 Å². The number of rotatable bonds is 7. The number of pyridine rings is 1. The number of aliphatic carboxylic acids is 1. The summed E-state index contributed by atoms with van der Waals surface area (Å²) in [5, 5.41) is 15.4. The molecule has 0 aliphatic heterocycles. The largest absolute Gasteiger partial charge is 0.480 e. The third-order valence-electron chi connectivity index (χ3n) is 4.45. The lowest BCUT2D eigenvalue weighted by Crippen LogP contribution is -2.53. The Labute approximate surface area is 167 Å². The monoisotopic (exact) mass is 393 g/mol. The van der Waals surface area contributed by atoms with Crippen molar-refractivity contribution in [3.8, 4) is 0 Å². The lowest BCUT2D eigenvalue weighted by molar-refractivity contribution is -0.143. The van der Waals surface area contributed by atoms with Crippen molar-refractivity contribution >= 4 is 23.3 Å². The molecule has 0 saturated carbocycles. The first-order valence-electron chi connectivity index (χ1n) is 8.93. The first-order chi connectivity index (χ1) is 13.9. The van der Waals surface area contributed by atoms with Crippen molar-refractivity contribution in [3.05, 3.63) is 90.0 Å². The van der Waals surface area contributed by atoms with E-state index in [-0.39, 0.29) is 6.42 Å². The second kappa shape index (κ2) is 8.52. The third-order valence-corrected chi connectivity index (χ3v) is 4.45. The summed E-state index contributed by atoms with van der Waals surface area (Å²) in [4.78, 5) is 28.4. The summed E-state index contributed by atoms with van der Waals surface area (Å²) in [5.41, 5.74) is 1.03. The minimum atomic E-state index is -1.54. The SMILES string of the molecule is CC(Cc1ccc(F)cc1)(NC(=O)c1ccc(Nc2ccncc2)cc1)C(=O)O. The van der Waals surface area contributed by atoms with Crippen molar-refractivity contribution in [1.82, 2.24) is 10.3 Å². The van der Waals surface area contributed by atoms with Crippen LogP contribution in [0.25, 0.3) is 0 Å². The van der Waals surface area contributed by atoms with Gasteiger partial charge in [0.15, 0.2) is 0 Å². The molecule has 0 spiro atoms. The number of benzene rings is 2. The smallest absolute Gasteiger partial charge is 0.329 e. The second-order valence-corrected chi connectivity index (χ2v) is 6.83. The summed E-state index contributed by atoms with van der Waals surface area (Å²) in [7, 11) is 0. The average Bonchev–Trinajstić information content (AvgIpc) is 2.71. The Morgan fingerprint density at radius 3 is 2.14 bits per heavy atom. The van der Waals surface area contributed by atoms with Crippen LogP contribution in [0.3, 0.4) is 0 Å². The summed E-state index contributed by atoms with van der Waals surface area (Å²) < 4.78 is 13.1. The molecule has 1 heterocycles. The highest BCUT2D eigenvalue weighted by Gasteiger charge is 2.35. The van der Waals surface area contributed by atoms with Crippen molar-refractivity contribution in [1.29, 1.82) is 0 Å². The van der Waals surface area contributed by atoms with Gasteiger partial charge in [0.05, 0.1) is 0 Å². The number of halogens is 1. The molecule has 0 aliphatic rings. The molecule has 148 valence electrons. The van der Waals surface area contributed by atoms with Gasteiger partial charge < -0.3 is 15.7 Å². The summed E-state index contributed by atoms with van der Waals surface area (Å²) in [6, 6.07) is 15.8. The van der Waals surface area contributed by atoms with Gasteiger partial charge in [-0.2, -0.15) is 0 Å². The molecule has 1 aromatic heterocycles. The second-order valence-electron chi connectivity index (χ2n) is 6.83. The molecule has 7 heteroatoms. The van der Waals surface area contributed by atoms with Crippen molar-refractivity contribution < 1.29 is 19.1 Å². The van der Waals surface area contributed by atoms with E-state index in [2.05, 4.69) is 15.6 Å². The van der Waals surface area contributed by atoms with E-state index in [0.29, 0.717) is 11.1 Å². The van der Waals surface area contributed by atoms with Gasteiger partial charge in [-0.15, -0.1) is 0 Å². The van der Waals surface area contributed by atoms with E-state index >= 15 is 0 Å². The van der Waals surface area contributed by atoms with E-state index < -0.39 is 23.2 Å². The van der Waals surface area contributed by atoms with Gasteiger partial charge in [-0.25, -0.2) is 9.18 Å². The molecular weight excluding hydrogens is 373 g/mol. The van der Waals surface area contributed by atoms with E-state index in [1.165, 1.54) is 31.2 Å². The van der Waals surface area contributed by atoms with Crippen LogP contribution in [0.15, 0.2) is 73.1 Å². The van der Waals surface area contributed by atoms with Gasteiger partial charge in [0.25, 0.3) is 5.91 Å². The minimum Gasteiger partial charge on any atom is -0.480 e. The molecule has 3 rings (SSSR count). The van der Waals surface area contributed by atoms with Crippen LogP contribution in [0.5, 0.6) is 0 Å². The molecule has 1 amide bonds. The highest BCUT2D eigenvalue weighted by atomic mass is 19.1. The van der Waals surface area contributed by atoms with E-state index in [1.807, 2.05) is 12.1 Å². The fraction of sp³-hybridized carbons (Fsp3) is 0.136. The van der Waals surface area contributed by atoms with Crippen molar-refractivity contribution in [2.45, 2.75) is 18.9 Å². The van der Waals surface area contributed by atoms with Crippen LogP contribution in [-0.2, 0) is 11.2 Å². The Morgan fingerprint density at radius 1 is 0.966 bits per heavy atom. The van der Waals surface area contributed by atoms with Crippen molar-refractivity contribution in [2.24, 2.45) is 0 Å². The molecule has 0 aliphatic carbocycles. The Bertz CT molecular complexity index is 992. The van der Waals surface area contributed by atoms with Gasteiger partial charge in [0, 0.05) is 35.8 Å². The lowest BCUT2D eigenvalue weighted by atomic mass is 9.92. The number of hydrogen-bond donors (Lipinski definition) is 3. The topological polar surface area (TPSA) is 91.3 Å². The van der Waals surface area contributed by atoms with Gasteiger partial charge >= 0.3 is 5.97 Å². The van der Waals surface area contributed by atoms with Crippen LogP contribution in [0.2, 0.25) is 0 Å². The molecule has 2 aromatic carbocycles. The van der Waals surface area contributed by atoms with Crippen LogP contribution in [0.4, 0.5) is 15.8 Å². The summed E-state index contributed by atoms with van der Waals surface area (Å²) in [6.07, 6.45) is 3.35. The van der Waals surface area contributed by atoms with Gasteiger partial charge in [-0.05, 0) is 61.0 Å². The summed E-state index contributed by atoms with van der Waals surface area (Å²) in [5.74, 6) is -2.09. The minimum absolute atomic E-state index is 0.0238. The predicted molar refractivity (Wildman–Crippen MR) is 108 cm³/mol. The number of carboxylic acid groups (broad SMARTS) is 1. The molecule has 0 saturated heterocycles. The predicted octanol–water partition coefficient (Wildman–Crippen LogP) is 3.78. The number of nitrogens with zero attached hydrogens (tertiary/aromatic N) is 1. The third kappa shape index (κ3) is 5.16.